The monoisotopic (exact) mass is 308 g/mol. The van der Waals surface area contributed by atoms with E-state index in [1.165, 1.54) is 25.4 Å². The Morgan fingerprint density at radius 2 is 2.24 bits per heavy atom. The molecule has 0 spiro atoms. The van der Waals surface area contributed by atoms with Crippen LogP contribution >= 0.6 is 11.3 Å². The third-order valence-electron chi connectivity index (χ3n) is 2.89. The zero-order chi connectivity index (χ0) is 15.4. The molecule has 0 radical (unpaired) electrons. The molecule has 0 aliphatic rings. The molecule has 0 bridgehead atoms. The Morgan fingerprint density at radius 1 is 1.48 bits per heavy atom. The molecule has 0 aliphatic carbocycles. The number of rotatable bonds is 6. The molecular weight excluding hydrogens is 292 g/mol. The minimum Gasteiger partial charge on any atom is -0.467 e. The van der Waals surface area contributed by atoms with Gasteiger partial charge in [0.1, 0.15) is 10.6 Å². The second-order valence-electron chi connectivity index (χ2n) is 4.32. The Kier molecular flexibility index (Phi) is 4.74. The average molecular weight is 308 g/mol. The molecule has 2 rings (SSSR count). The minimum atomic E-state index is -0.600. The number of anilines is 1. The lowest BCUT2D eigenvalue weighted by Gasteiger charge is -2.17. The number of esters is 1. The van der Waals surface area contributed by atoms with E-state index < -0.39 is 5.97 Å². The average Bonchev–Trinajstić information content (AvgIpc) is 3.12. The van der Waals surface area contributed by atoms with Gasteiger partial charge in [0.2, 0.25) is 0 Å². The van der Waals surface area contributed by atoms with Crippen LogP contribution in [0.25, 0.3) is 0 Å². The number of nitrogens with zero attached hydrogens (tertiary/aromatic N) is 2. The summed E-state index contributed by atoms with van der Waals surface area (Å²) in [6.07, 6.45) is 1.60. The highest BCUT2D eigenvalue weighted by atomic mass is 32.1. The highest BCUT2D eigenvalue weighted by Crippen LogP contribution is 2.28. The number of aromatic nitrogens is 1. The van der Waals surface area contributed by atoms with Crippen LogP contribution in [0.2, 0.25) is 0 Å². The summed E-state index contributed by atoms with van der Waals surface area (Å²) in [6, 6.07) is 3.68. The van der Waals surface area contributed by atoms with E-state index in [0.29, 0.717) is 23.1 Å². The third-order valence-corrected chi connectivity index (χ3v) is 4.11. The van der Waals surface area contributed by atoms with E-state index in [1.807, 2.05) is 24.0 Å². The van der Waals surface area contributed by atoms with Crippen molar-refractivity contribution in [3.05, 3.63) is 34.7 Å². The molecule has 2 aromatic heterocycles. The Labute approximate surface area is 126 Å². The second kappa shape index (κ2) is 6.53. The lowest BCUT2D eigenvalue weighted by Crippen LogP contribution is -2.21. The van der Waals surface area contributed by atoms with Crippen molar-refractivity contribution < 1.29 is 18.7 Å². The molecule has 0 saturated heterocycles. The van der Waals surface area contributed by atoms with Crippen molar-refractivity contribution in [1.29, 1.82) is 0 Å². The molecule has 0 fully saturated rings. The lowest BCUT2D eigenvalue weighted by molar-refractivity contribution is 0.0591. The maximum absolute atomic E-state index is 11.7. The molecule has 0 amide bonds. The second-order valence-corrected chi connectivity index (χ2v) is 5.29. The topological polar surface area (TPSA) is 72.6 Å². The first-order chi connectivity index (χ1) is 10.1. The Hall–Kier alpha value is -2.15. The van der Waals surface area contributed by atoms with E-state index >= 15 is 0 Å². The van der Waals surface area contributed by atoms with Gasteiger partial charge in [-0.3, -0.25) is 4.79 Å². The smallest absolute Gasteiger partial charge is 0.358 e. The lowest BCUT2D eigenvalue weighted by atomic mass is 10.3. The summed E-state index contributed by atoms with van der Waals surface area (Å²) in [5, 5.41) is 0.597. The number of ketones is 1. The number of Topliss-reactive ketones (excluding diaryl/α,β-unsaturated/α-hetero) is 1. The highest BCUT2D eigenvalue weighted by Gasteiger charge is 2.24. The molecule has 0 unspecified atom stereocenters. The van der Waals surface area contributed by atoms with E-state index in [-0.39, 0.29) is 11.5 Å². The van der Waals surface area contributed by atoms with E-state index in [4.69, 9.17) is 4.42 Å². The van der Waals surface area contributed by atoms with Gasteiger partial charge in [0, 0.05) is 13.5 Å². The van der Waals surface area contributed by atoms with Crippen molar-refractivity contribution >= 4 is 28.2 Å². The van der Waals surface area contributed by atoms with Crippen molar-refractivity contribution in [2.75, 3.05) is 18.6 Å². The highest BCUT2D eigenvalue weighted by molar-refractivity contribution is 7.17. The maximum Gasteiger partial charge on any atom is 0.358 e. The fourth-order valence-electron chi connectivity index (χ4n) is 1.82. The van der Waals surface area contributed by atoms with Crippen molar-refractivity contribution in [1.82, 2.24) is 4.98 Å². The summed E-state index contributed by atoms with van der Waals surface area (Å²) in [7, 11) is 1.27. The summed E-state index contributed by atoms with van der Waals surface area (Å²) in [5.74, 6) is -0.0130. The number of methoxy groups -OCH3 is 1. The number of hydrogen-bond donors (Lipinski definition) is 0. The van der Waals surface area contributed by atoms with E-state index in [0.717, 1.165) is 5.76 Å². The molecule has 7 heteroatoms. The van der Waals surface area contributed by atoms with Gasteiger partial charge in [-0.25, -0.2) is 9.78 Å². The number of carbonyl (C=O) groups excluding carboxylic acids is 2. The zero-order valence-corrected chi connectivity index (χ0v) is 12.9. The van der Waals surface area contributed by atoms with Gasteiger partial charge < -0.3 is 14.1 Å². The van der Waals surface area contributed by atoms with Crippen molar-refractivity contribution in [2.24, 2.45) is 0 Å². The van der Waals surface area contributed by atoms with Crippen LogP contribution in [0.1, 0.15) is 39.8 Å². The molecular formula is C14H16N2O4S. The van der Waals surface area contributed by atoms with Crippen LogP contribution < -0.4 is 4.90 Å². The summed E-state index contributed by atoms with van der Waals surface area (Å²) < 4.78 is 9.99. The SMILES string of the molecule is CCN(Cc1ccco1)c1nc(C(=O)OC)c(C(C)=O)s1. The van der Waals surface area contributed by atoms with Gasteiger partial charge in [0.25, 0.3) is 0 Å². The van der Waals surface area contributed by atoms with Gasteiger partial charge in [0.15, 0.2) is 16.6 Å². The number of furan rings is 1. The predicted octanol–water partition coefficient (Wildman–Crippen LogP) is 2.75. The number of hydrogen-bond acceptors (Lipinski definition) is 7. The van der Waals surface area contributed by atoms with E-state index in [2.05, 4.69) is 9.72 Å². The Balaban J connectivity index is 2.33. The quantitative estimate of drug-likeness (QED) is 0.603. The van der Waals surface area contributed by atoms with Crippen LogP contribution in [0.15, 0.2) is 22.8 Å². The van der Waals surface area contributed by atoms with Gasteiger partial charge in [0.05, 0.1) is 19.9 Å². The van der Waals surface area contributed by atoms with Crippen molar-refractivity contribution in [2.45, 2.75) is 20.4 Å². The van der Waals surface area contributed by atoms with Crippen molar-refractivity contribution in [3.63, 3.8) is 0 Å². The van der Waals surface area contributed by atoms with Crippen molar-refractivity contribution in [3.8, 4) is 0 Å². The largest absolute Gasteiger partial charge is 0.467 e. The van der Waals surface area contributed by atoms with E-state index in [1.54, 1.807) is 6.26 Å². The molecule has 21 heavy (non-hydrogen) atoms. The van der Waals surface area contributed by atoms with Gasteiger partial charge in [-0.1, -0.05) is 11.3 Å². The van der Waals surface area contributed by atoms with Gasteiger partial charge in [-0.05, 0) is 19.1 Å². The molecule has 0 N–H and O–H groups in total. The maximum atomic E-state index is 11.7. The van der Waals surface area contributed by atoms with Gasteiger partial charge in [-0.15, -0.1) is 0 Å². The fraction of sp³-hybridized carbons (Fsp3) is 0.357. The molecule has 112 valence electrons. The minimum absolute atomic E-state index is 0.0721. The van der Waals surface area contributed by atoms with Gasteiger partial charge >= 0.3 is 5.97 Å². The molecule has 0 aliphatic heterocycles. The number of ether oxygens (including phenoxy) is 1. The molecule has 0 aromatic carbocycles. The standard InChI is InChI=1S/C14H16N2O4S/c1-4-16(8-10-6-5-7-20-10)14-15-11(13(18)19-3)12(21-14)9(2)17/h5-7H,4,8H2,1-3H3. The molecule has 0 atom stereocenters. The molecule has 2 aromatic rings. The number of thiazole rings is 1. The first kappa shape index (κ1) is 15.2. The first-order valence-electron chi connectivity index (χ1n) is 6.44. The zero-order valence-electron chi connectivity index (χ0n) is 12.1. The van der Waals surface area contributed by atoms with Crippen LogP contribution in [0.5, 0.6) is 0 Å². The Bertz CT molecular complexity index is 633. The molecule has 0 saturated carbocycles. The van der Waals surface area contributed by atoms with Gasteiger partial charge in [-0.2, -0.15) is 0 Å². The van der Waals surface area contributed by atoms with Crippen LogP contribution in [0.3, 0.4) is 0 Å². The van der Waals surface area contributed by atoms with E-state index in [9.17, 15) is 9.59 Å². The predicted molar refractivity (Wildman–Crippen MR) is 78.9 cm³/mol. The van der Waals surface area contributed by atoms with Crippen LogP contribution in [0, 0.1) is 0 Å². The first-order valence-corrected chi connectivity index (χ1v) is 7.25. The number of carbonyl (C=O) groups is 2. The normalized spacial score (nSPS) is 10.4. The summed E-state index contributed by atoms with van der Waals surface area (Å²) in [4.78, 5) is 29.9. The molecule has 2 heterocycles. The fourth-order valence-corrected chi connectivity index (χ4v) is 2.83. The van der Waals surface area contributed by atoms with Crippen LogP contribution in [0.4, 0.5) is 5.13 Å². The summed E-state index contributed by atoms with van der Waals surface area (Å²) in [6.45, 7) is 4.57. The Morgan fingerprint density at radius 3 is 2.76 bits per heavy atom. The van der Waals surface area contributed by atoms with Crippen LogP contribution in [-0.2, 0) is 11.3 Å². The summed E-state index contributed by atoms with van der Waals surface area (Å²) in [5.41, 5.74) is 0.0721. The van der Waals surface area contributed by atoms with Crippen LogP contribution in [-0.4, -0.2) is 30.4 Å². The summed E-state index contributed by atoms with van der Waals surface area (Å²) >= 11 is 1.19. The third kappa shape index (κ3) is 3.30. The molecule has 6 nitrogen and oxygen atoms in total.